The van der Waals surface area contributed by atoms with Crippen LogP contribution in [0.4, 0.5) is 0 Å². The van der Waals surface area contributed by atoms with Crippen molar-refractivity contribution in [3.05, 3.63) is 59.0 Å². The lowest BCUT2D eigenvalue weighted by Gasteiger charge is -2.28. The summed E-state index contributed by atoms with van der Waals surface area (Å²) >= 11 is 0. The topological polar surface area (TPSA) is 36.6 Å². The number of hydrogen-bond acceptors (Lipinski definition) is 3. The van der Waals surface area contributed by atoms with Crippen molar-refractivity contribution < 1.29 is 9.52 Å². The number of hydrogen-bond donors (Lipinski definition) is 1. The molecule has 0 saturated heterocycles. The minimum Gasteiger partial charge on any atom is -0.465 e. The highest BCUT2D eigenvalue weighted by atomic mass is 16.3. The van der Waals surface area contributed by atoms with E-state index in [-0.39, 0.29) is 6.61 Å². The molecule has 3 heteroatoms. The Morgan fingerprint density at radius 2 is 2.10 bits per heavy atom. The smallest absolute Gasteiger partial charge is 0.118 e. The molecule has 0 bridgehead atoms. The SMILES string of the molecule is Cc1ccc(CN(CCO)C2CCc3ccccc32)o1. The molecule has 1 aliphatic rings. The monoisotopic (exact) mass is 271 g/mol. The van der Waals surface area contributed by atoms with Crippen LogP contribution in [0.25, 0.3) is 0 Å². The quantitative estimate of drug-likeness (QED) is 0.908. The highest BCUT2D eigenvalue weighted by Gasteiger charge is 2.27. The number of aliphatic hydroxyl groups is 1. The molecular weight excluding hydrogens is 250 g/mol. The Bertz CT molecular complexity index is 576. The molecule has 0 fully saturated rings. The van der Waals surface area contributed by atoms with Crippen molar-refractivity contribution in [2.75, 3.05) is 13.2 Å². The van der Waals surface area contributed by atoms with E-state index in [4.69, 9.17) is 4.42 Å². The third-order valence-electron chi connectivity index (χ3n) is 4.08. The zero-order valence-corrected chi connectivity index (χ0v) is 11.9. The van der Waals surface area contributed by atoms with Gasteiger partial charge in [0.05, 0.1) is 13.2 Å². The van der Waals surface area contributed by atoms with Gasteiger partial charge in [-0.2, -0.15) is 0 Å². The molecule has 1 unspecified atom stereocenters. The molecule has 0 spiro atoms. The summed E-state index contributed by atoms with van der Waals surface area (Å²) in [7, 11) is 0. The van der Waals surface area contributed by atoms with E-state index in [1.54, 1.807) is 0 Å². The molecule has 1 aromatic heterocycles. The average Bonchev–Trinajstić information content (AvgIpc) is 3.04. The van der Waals surface area contributed by atoms with Crippen molar-refractivity contribution in [2.24, 2.45) is 0 Å². The third-order valence-corrected chi connectivity index (χ3v) is 4.08. The highest BCUT2D eigenvalue weighted by Crippen LogP contribution is 2.36. The summed E-state index contributed by atoms with van der Waals surface area (Å²) in [5, 5.41) is 9.36. The van der Waals surface area contributed by atoms with Gasteiger partial charge in [-0.05, 0) is 43.0 Å². The van der Waals surface area contributed by atoms with Crippen LogP contribution in [0.3, 0.4) is 0 Å². The standard InChI is InChI=1S/C17H21NO2/c1-13-6-8-15(20-13)12-18(10-11-19)17-9-7-14-4-2-3-5-16(14)17/h2-6,8,17,19H,7,9-12H2,1H3. The summed E-state index contributed by atoms with van der Waals surface area (Å²) in [6.07, 6.45) is 2.25. The second kappa shape index (κ2) is 5.81. The molecule has 0 radical (unpaired) electrons. The van der Waals surface area contributed by atoms with Gasteiger partial charge in [0.1, 0.15) is 11.5 Å². The summed E-state index contributed by atoms with van der Waals surface area (Å²) < 4.78 is 5.68. The Kier molecular flexibility index (Phi) is 3.90. The third kappa shape index (κ3) is 2.65. The van der Waals surface area contributed by atoms with Crippen molar-refractivity contribution >= 4 is 0 Å². The fraction of sp³-hybridized carbons (Fsp3) is 0.412. The number of nitrogens with zero attached hydrogens (tertiary/aromatic N) is 1. The molecule has 106 valence electrons. The lowest BCUT2D eigenvalue weighted by atomic mass is 10.1. The number of rotatable bonds is 5. The van der Waals surface area contributed by atoms with Gasteiger partial charge in [0.25, 0.3) is 0 Å². The van der Waals surface area contributed by atoms with Gasteiger partial charge >= 0.3 is 0 Å². The number of aliphatic hydroxyl groups excluding tert-OH is 1. The summed E-state index contributed by atoms with van der Waals surface area (Å²) in [5.41, 5.74) is 2.85. The van der Waals surface area contributed by atoms with Gasteiger partial charge < -0.3 is 9.52 Å². The summed E-state index contributed by atoms with van der Waals surface area (Å²) in [6.45, 7) is 3.58. The van der Waals surface area contributed by atoms with Crippen LogP contribution in [-0.4, -0.2) is 23.2 Å². The Morgan fingerprint density at radius 3 is 2.85 bits per heavy atom. The fourth-order valence-electron chi connectivity index (χ4n) is 3.16. The first-order valence-corrected chi connectivity index (χ1v) is 7.26. The fourth-order valence-corrected chi connectivity index (χ4v) is 3.16. The van der Waals surface area contributed by atoms with Crippen LogP contribution in [0.2, 0.25) is 0 Å². The van der Waals surface area contributed by atoms with Gasteiger partial charge in [-0.15, -0.1) is 0 Å². The first-order chi connectivity index (χ1) is 9.78. The molecule has 1 aliphatic carbocycles. The van der Waals surface area contributed by atoms with Crippen LogP contribution < -0.4 is 0 Å². The maximum Gasteiger partial charge on any atom is 0.118 e. The van der Waals surface area contributed by atoms with E-state index in [1.165, 1.54) is 11.1 Å². The molecule has 1 aromatic carbocycles. The molecule has 3 nitrogen and oxygen atoms in total. The lowest BCUT2D eigenvalue weighted by molar-refractivity contribution is 0.133. The number of aryl methyl sites for hydroxylation is 2. The largest absolute Gasteiger partial charge is 0.465 e. The average molecular weight is 271 g/mol. The Morgan fingerprint density at radius 1 is 1.25 bits per heavy atom. The molecule has 2 aromatic rings. The molecule has 1 heterocycles. The Balaban J connectivity index is 1.81. The predicted octanol–water partition coefficient (Wildman–Crippen LogP) is 3.07. The first-order valence-electron chi connectivity index (χ1n) is 7.26. The van der Waals surface area contributed by atoms with Crippen molar-refractivity contribution in [3.63, 3.8) is 0 Å². The van der Waals surface area contributed by atoms with E-state index >= 15 is 0 Å². The molecule has 0 amide bonds. The van der Waals surface area contributed by atoms with Crippen LogP contribution in [-0.2, 0) is 13.0 Å². The number of benzene rings is 1. The van der Waals surface area contributed by atoms with E-state index in [2.05, 4.69) is 29.2 Å². The normalized spacial score (nSPS) is 17.6. The van der Waals surface area contributed by atoms with E-state index in [0.717, 1.165) is 30.9 Å². The minimum absolute atomic E-state index is 0.179. The minimum atomic E-state index is 0.179. The molecule has 20 heavy (non-hydrogen) atoms. The molecule has 0 aliphatic heterocycles. The second-order valence-electron chi connectivity index (χ2n) is 5.46. The van der Waals surface area contributed by atoms with Crippen LogP contribution in [0.15, 0.2) is 40.8 Å². The van der Waals surface area contributed by atoms with Crippen LogP contribution in [0, 0.1) is 6.92 Å². The van der Waals surface area contributed by atoms with Crippen molar-refractivity contribution in [3.8, 4) is 0 Å². The zero-order valence-electron chi connectivity index (χ0n) is 11.9. The summed E-state index contributed by atoms with van der Waals surface area (Å²) in [5.74, 6) is 1.91. The molecule has 0 saturated carbocycles. The molecular formula is C17H21NO2. The number of fused-ring (bicyclic) bond motifs is 1. The van der Waals surface area contributed by atoms with Crippen LogP contribution in [0.1, 0.15) is 35.1 Å². The lowest BCUT2D eigenvalue weighted by Crippen LogP contribution is -2.29. The summed E-state index contributed by atoms with van der Waals surface area (Å²) in [4.78, 5) is 2.32. The predicted molar refractivity (Wildman–Crippen MR) is 78.4 cm³/mol. The highest BCUT2D eigenvalue weighted by molar-refractivity contribution is 5.34. The number of furan rings is 1. The van der Waals surface area contributed by atoms with Crippen molar-refractivity contribution in [1.82, 2.24) is 4.90 Å². The van der Waals surface area contributed by atoms with E-state index in [1.807, 2.05) is 19.1 Å². The van der Waals surface area contributed by atoms with E-state index in [0.29, 0.717) is 12.6 Å². The molecule has 3 rings (SSSR count). The van der Waals surface area contributed by atoms with Crippen LogP contribution >= 0.6 is 0 Å². The second-order valence-corrected chi connectivity index (χ2v) is 5.46. The maximum atomic E-state index is 9.36. The van der Waals surface area contributed by atoms with Gasteiger partial charge in [0, 0.05) is 12.6 Å². The van der Waals surface area contributed by atoms with Gasteiger partial charge in [-0.3, -0.25) is 4.90 Å². The Hall–Kier alpha value is -1.58. The van der Waals surface area contributed by atoms with Crippen molar-refractivity contribution in [1.29, 1.82) is 0 Å². The van der Waals surface area contributed by atoms with E-state index < -0.39 is 0 Å². The van der Waals surface area contributed by atoms with Gasteiger partial charge in [-0.25, -0.2) is 0 Å². The Labute approximate surface area is 119 Å². The molecule has 1 atom stereocenters. The van der Waals surface area contributed by atoms with Gasteiger partial charge in [0.15, 0.2) is 0 Å². The van der Waals surface area contributed by atoms with Crippen LogP contribution in [0.5, 0.6) is 0 Å². The van der Waals surface area contributed by atoms with Gasteiger partial charge in [-0.1, -0.05) is 24.3 Å². The van der Waals surface area contributed by atoms with Crippen molar-refractivity contribution in [2.45, 2.75) is 32.4 Å². The maximum absolute atomic E-state index is 9.36. The molecule has 1 N–H and O–H groups in total. The summed E-state index contributed by atoms with van der Waals surface area (Å²) in [6, 6.07) is 13.0. The zero-order chi connectivity index (χ0) is 13.9. The van der Waals surface area contributed by atoms with E-state index in [9.17, 15) is 5.11 Å². The van der Waals surface area contributed by atoms with Gasteiger partial charge in [0.2, 0.25) is 0 Å². The first kappa shape index (κ1) is 13.4.